The van der Waals surface area contributed by atoms with Crippen molar-refractivity contribution < 1.29 is 28.5 Å². The van der Waals surface area contributed by atoms with E-state index in [1.54, 1.807) is 24.4 Å². The summed E-state index contributed by atoms with van der Waals surface area (Å²) in [5.41, 5.74) is 0.892. The minimum Gasteiger partial charge on any atom is -0.490 e. The summed E-state index contributed by atoms with van der Waals surface area (Å²) >= 11 is 1.23. The molecule has 2 rings (SSSR count). The van der Waals surface area contributed by atoms with Crippen molar-refractivity contribution in [3.8, 4) is 17.2 Å². The Kier molecular flexibility index (Phi) is 8.72. The molecule has 0 fully saturated rings. The number of thiazole rings is 1. The second kappa shape index (κ2) is 11.3. The highest BCUT2D eigenvalue weighted by Gasteiger charge is 2.19. The third-order valence-corrected chi connectivity index (χ3v) is 4.38. The van der Waals surface area contributed by atoms with Gasteiger partial charge < -0.3 is 18.9 Å². The summed E-state index contributed by atoms with van der Waals surface area (Å²) in [6.07, 6.45) is 0.0617. The lowest BCUT2D eigenvalue weighted by Gasteiger charge is -2.16. The van der Waals surface area contributed by atoms with Crippen LogP contribution in [0.2, 0.25) is 0 Å². The minimum absolute atomic E-state index is 0.0617. The molecule has 0 aliphatic rings. The summed E-state index contributed by atoms with van der Waals surface area (Å²) in [5.74, 6) is 0.621. The van der Waals surface area contributed by atoms with Gasteiger partial charge in [-0.1, -0.05) is 0 Å². The molecule has 0 unspecified atom stereocenters. The zero-order chi connectivity index (χ0) is 21.2. The average Bonchev–Trinajstić information content (AvgIpc) is 3.11. The van der Waals surface area contributed by atoms with E-state index in [0.717, 1.165) is 0 Å². The topological polar surface area (TPSA) is 96.0 Å². The van der Waals surface area contributed by atoms with E-state index in [0.29, 0.717) is 60.1 Å². The fourth-order valence-corrected chi connectivity index (χ4v) is 3.20. The van der Waals surface area contributed by atoms with Crippen molar-refractivity contribution in [3.63, 3.8) is 0 Å². The van der Waals surface area contributed by atoms with E-state index in [1.807, 2.05) is 20.8 Å². The molecular weight excluding hydrogens is 396 g/mol. The number of amides is 1. The number of nitrogens with zero attached hydrogens (tertiary/aromatic N) is 1. The van der Waals surface area contributed by atoms with Gasteiger partial charge in [-0.25, -0.2) is 4.98 Å². The van der Waals surface area contributed by atoms with E-state index >= 15 is 0 Å². The first-order valence-electron chi connectivity index (χ1n) is 9.50. The third kappa shape index (κ3) is 6.35. The molecule has 29 heavy (non-hydrogen) atoms. The normalized spacial score (nSPS) is 10.3. The summed E-state index contributed by atoms with van der Waals surface area (Å²) in [5, 5.41) is 4.84. The number of carbonyl (C=O) groups is 2. The monoisotopic (exact) mass is 422 g/mol. The van der Waals surface area contributed by atoms with Crippen LogP contribution in [0, 0.1) is 0 Å². The molecule has 0 saturated carbocycles. The van der Waals surface area contributed by atoms with Crippen LogP contribution in [0.4, 0.5) is 5.13 Å². The van der Waals surface area contributed by atoms with Gasteiger partial charge >= 0.3 is 5.97 Å². The predicted octanol–water partition coefficient (Wildman–Crippen LogP) is 3.70. The van der Waals surface area contributed by atoms with Crippen LogP contribution in [0.3, 0.4) is 0 Å². The van der Waals surface area contributed by atoms with Crippen LogP contribution in [0.25, 0.3) is 0 Å². The Hall–Kier alpha value is -2.81. The van der Waals surface area contributed by atoms with Crippen LogP contribution < -0.4 is 19.5 Å². The lowest BCUT2D eigenvalue weighted by atomic mass is 10.1. The van der Waals surface area contributed by atoms with Gasteiger partial charge in [0.1, 0.15) is 0 Å². The van der Waals surface area contributed by atoms with E-state index in [1.165, 1.54) is 11.3 Å². The van der Waals surface area contributed by atoms with Crippen molar-refractivity contribution >= 4 is 28.3 Å². The Morgan fingerprint density at radius 1 is 0.966 bits per heavy atom. The van der Waals surface area contributed by atoms with Gasteiger partial charge in [-0.3, -0.25) is 14.9 Å². The molecule has 0 aliphatic heterocycles. The fourth-order valence-electron chi connectivity index (χ4n) is 2.49. The fraction of sp³-hybridized carbons (Fsp3) is 0.450. The molecule has 0 aliphatic carbocycles. The number of aromatic nitrogens is 1. The molecule has 9 heteroatoms. The first kappa shape index (κ1) is 22.5. The van der Waals surface area contributed by atoms with Gasteiger partial charge in [0, 0.05) is 10.9 Å². The highest BCUT2D eigenvalue weighted by molar-refractivity contribution is 7.14. The molecule has 8 nitrogen and oxygen atoms in total. The molecule has 1 N–H and O–H groups in total. The number of hydrogen-bond donors (Lipinski definition) is 1. The number of anilines is 1. The van der Waals surface area contributed by atoms with Gasteiger partial charge in [0.25, 0.3) is 5.91 Å². The molecule has 2 aromatic rings. The van der Waals surface area contributed by atoms with Crippen molar-refractivity contribution in [1.82, 2.24) is 4.98 Å². The largest absolute Gasteiger partial charge is 0.490 e. The Labute approximate surface area is 174 Å². The molecular formula is C20H26N2O6S. The Balaban J connectivity index is 2.21. The predicted molar refractivity (Wildman–Crippen MR) is 110 cm³/mol. The number of rotatable bonds is 11. The van der Waals surface area contributed by atoms with Crippen molar-refractivity contribution in [3.05, 3.63) is 28.8 Å². The summed E-state index contributed by atoms with van der Waals surface area (Å²) in [6.45, 7) is 8.90. The van der Waals surface area contributed by atoms with E-state index in [4.69, 9.17) is 18.9 Å². The first-order chi connectivity index (χ1) is 14.0. The molecule has 0 saturated heterocycles. The maximum absolute atomic E-state index is 12.7. The molecule has 0 atom stereocenters. The van der Waals surface area contributed by atoms with E-state index in [9.17, 15) is 9.59 Å². The van der Waals surface area contributed by atoms with E-state index < -0.39 is 0 Å². The van der Waals surface area contributed by atoms with Gasteiger partial charge in [0.15, 0.2) is 16.6 Å². The van der Waals surface area contributed by atoms with Gasteiger partial charge in [0.05, 0.1) is 38.5 Å². The molecule has 1 amide bonds. The minimum atomic E-state index is -0.369. The molecule has 1 aromatic carbocycles. The Morgan fingerprint density at radius 2 is 1.59 bits per heavy atom. The van der Waals surface area contributed by atoms with Gasteiger partial charge in [-0.05, 0) is 39.8 Å². The van der Waals surface area contributed by atoms with Crippen LogP contribution in [0.15, 0.2) is 17.5 Å². The highest BCUT2D eigenvalue weighted by Crippen LogP contribution is 2.39. The zero-order valence-corrected chi connectivity index (χ0v) is 17.9. The summed E-state index contributed by atoms with van der Waals surface area (Å²) in [6, 6.07) is 3.22. The zero-order valence-electron chi connectivity index (χ0n) is 17.1. The second-order valence-electron chi connectivity index (χ2n) is 5.68. The Bertz CT molecular complexity index is 809. The number of carbonyl (C=O) groups excluding carboxylic acids is 2. The van der Waals surface area contributed by atoms with Crippen LogP contribution in [0.1, 0.15) is 43.7 Å². The second-order valence-corrected chi connectivity index (χ2v) is 6.54. The smallest absolute Gasteiger partial charge is 0.311 e. The van der Waals surface area contributed by atoms with E-state index in [2.05, 4.69) is 10.3 Å². The van der Waals surface area contributed by atoms with Crippen LogP contribution >= 0.6 is 11.3 Å². The van der Waals surface area contributed by atoms with Crippen LogP contribution in [0.5, 0.6) is 17.2 Å². The SMILES string of the molecule is CCOC(=O)Cc1csc(NC(=O)c2cc(OCC)c(OCC)c(OCC)c2)n1. The van der Waals surface area contributed by atoms with Crippen molar-refractivity contribution in [2.45, 2.75) is 34.1 Å². The lowest BCUT2D eigenvalue weighted by Crippen LogP contribution is -2.13. The number of ether oxygens (including phenoxy) is 4. The molecule has 1 heterocycles. The molecule has 0 spiro atoms. The maximum atomic E-state index is 12.7. The third-order valence-electron chi connectivity index (χ3n) is 3.57. The van der Waals surface area contributed by atoms with Gasteiger partial charge in [-0.2, -0.15) is 0 Å². The number of benzene rings is 1. The number of esters is 1. The van der Waals surface area contributed by atoms with Crippen molar-refractivity contribution in [1.29, 1.82) is 0 Å². The average molecular weight is 423 g/mol. The summed E-state index contributed by atoms with van der Waals surface area (Å²) < 4.78 is 21.8. The quantitative estimate of drug-likeness (QED) is 0.552. The molecule has 0 radical (unpaired) electrons. The maximum Gasteiger partial charge on any atom is 0.311 e. The Morgan fingerprint density at radius 3 is 2.14 bits per heavy atom. The van der Waals surface area contributed by atoms with Crippen LogP contribution in [-0.4, -0.2) is 43.3 Å². The van der Waals surface area contributed by atoms with E-state index in [-0.39, 0.29) is 18.3 Å². The number of hydrogen-bond acceptors (Lipinski definition) is 8. The highest BCUT2D eigenvalue weighted by atomic mass is 32.1. The molecule has 1 aromatic heterocycles. The first-order valence-corrected chi connectivity index (χ1v) is 10.4. The number of nitrogens with one attached hydrogen (secondary N) is 1. The molecule has 158 valence electrons. The van der Waals surface area contributed by atoms with Crippen LogP contribution in [-0.2, 0) is 16.0 Å². The standard InChI is InChI=1S/C20H26N2O6S/c1-5-25-15-9-13(10-16(26-6-2)18(15)28-8-4)19(24)22-20-21-14(12-29-20)11-17(23)27-7-3/h9-10,12H,5-8,11H2,1-4H3,(H,21,22,24). The van der Waals surface area contributed by atoms with Crippen molar-refractivity contribution in [2.24, 2.45) is 0 Å². The summed E-state index contributed by atoms with van der Waals surface area (Å²) in [4.78, 5) is 28.6. The van der Waals surface area contributed by atoms with Gasteiger partial charge in [-0.15, -0.1) is 11.3 Å². The molecule has 0 bridgehead atoms. The van der Waals surface area contributed by atoms with Crippen molar-refractivity contribution in [2.75, 3.05) is 31.7 Å². The summed E-state index contributed by atoms with van der Waals surface area (Å²) in [7, 11) is 0. The lowest BCUT2D eigenvalue weighted by molar-refractivity contribution is -0.142. The van der Waals surface area contributed by atoms with Gasteiger partial charge in [0.2, 0.25) is 5.75 Å².